The second-order valence-electron chi connectivity index (χ2n) is 8.60. The number of anilines is 2. The fourth-order valence-electron chi connectivity index (χ4n) is 3.46. The number of sulfonamides is 1. The first-order chi connectivity index (χ1) is 15.1. The molecule has 0 unspecified atom stereocenters. The van der Waals surface area contributed by atoms with Gasteiger partial charge in [0.25, 0.3) is 5.91 Å². The zero-order chi connectivity index (χ0) is 23.5. The molecule has 10 heteroatoms. The number of benzene rings is 1. The molecule has 0 aliphatic carbocycles. The molecule has 0 atom stereocenters. The summed E-state index contributed by atoms with van der Waals surface area (Å²) in [6, 6.07) is 4.93. The summed E-state index contributed by atoms with van der Waals surface area (Å²) in [5.41, 5.74) is 1.10. The normalized spacial score (nSPS) is 15.5. The topological polar surface area (TPSA) is 91.8 Å². The summed E-state index contributed by atoms with van der Waals surface area (Å²) < 4.78 is 33.0. The molecule has 3 rings (SSSR count). The summed E-state index contributed by atoms with van der Waals surface area (Å²) in [6.07, 6.45) is 1.58. The number of carbonyl (C=O) groups excluding carboxylic acids is 1. The molecule has 8 nitrogen and oxygen atoms in total. The van der Waals surface area contributed by atoms with E-state index in [9.17, 15) is 13.2 Å². The standard InChI is InChI=1S/C22H32N4O4S2/c1-6-25(7-2)18-9-8-16(32(28,29)26-10-12-30-13-11-26)14-17(18)24-20(27)19-15-23-21(31-19)22(3,4)5/h8-9,14-15H,6-7,10-13H2,1-5H3,(H,24,27). The van der Waals surface area contributed by atoms with Gasteiger partial charge in [-0.1, -0.05) is 20.8 Å². The molecule has 1 saturated heterocycles. The van der Waals surface area contributed by atoms with E-state index in [1.807, 2.05) is 34.6 Å². The summed E-state index contributed by atoms with van der Waals surface area (Å²) in [5.74, 6) is -0.299. The van der Waals surface area contributed by atoms with E-state index in [2.05, 4.69) is 15.2 Å². The van der Waals surface area contributed by atoms with E-state index in [1.165, 1.54) is 15.6 Å². The van der Waals surface area contributed by atoms with Crippen LogP contribution in [0.2, 0.25) is 0 Å². The van der Waals surface area contributed by atoms with E-state index < -0.39 is 10.0 Å². The zero-order valence-electron chi connectivity index (χ0n) is 19.3. The maximum atomic E-state index is 13.2. The third-order valence-electron chi connectivity index (χ3n) is 5.30. The van der Waals surface area contributed by atoms with Crippen LogP contribution in [-0.2, 0) is 20.2 Å². The minimum atomic E-state index is -3.68. The van der Waals surface area contributed by atoms with Crippen molar-refractivity contribution in [3.8, 4) is 0 Å². The maximum absolute atomic E-state index is 13.2. The number of aromatic nitrogens is 1. The van der Waals surface area contributed by atoms with Crippen LogP contribution in [0, 0.1) is 0 Å². The first kappa shape index (κ1) is 24.6. The Morgan fingerprint density at radius 3 is 2.44 bits per heavy atom. The van der Waals surface area contributed by atoms with Crippen molar-refractivity contribution in [3.05, 3.63) is 34.3 Å². The van der Waals surface area contributed by atoms with Crippen LogP contribution < -0.4 is 10.2 Å². The van der Waals surface area contributed by atoms with Crippen molar-refractivity contribution in [3.63, 3.8) is 0 Å². The molecule has 2 heterocycles. The number of ether oxygens (including phenoxy) is 1. The molecule has 1 fully saturated rings. The van der Waals surface area contributed by atoms with Crippen LogP contribution in [0.3, 0.4) is 0 Å². The van der Waals surface area contributed by atoms with Crippen LogP contribution in [-0.4, -0.2) is 63.0 Å². The van der Waals surface area contributed by atoms with Gasteiger partial charge in [0, 0.05) is 31.6 Å². The predicted molar refractivity (Wildman–Crippen MR) is 128 cm³/mol. The number of morpholine rings is 1. The fraction of sp³-hybridized carbons (Fsp3) is 0.545. The van der Waals surface area contributed by atoms with Gasteiger partial charge in [-0.3, -0.25) is 4.79 Å². The van der Waals surface area contributed by atoms with Crippen LogP contribution in [0.25, 0.3) is 0 Å². The van der Waals surface area contributed by atoms with E-state index in [0.29, 0.717) is 36.9 Å². The number of rotatable bonds is 7. The van der Waals surface area contributed by atoms with Crippen molar-refractivity contribution >= 4 is 38.6 Å². The molecular formula is C22H32N4O4S2. The number of nitrogens with one attached hydrogen (secondary N) is 1. The SMILES string of the molecule is CCN(CC)c1ccc(S(=O)(=O)N2CCOCC2)cc1NC(=O)c1cnc(C(C)(C)C)s1. The van der Waals surface area contributed by atoms with Crippen molar-refractivity contribution in [2.75, 3.05) is 49.6 Å². The Hall–Kier alpha value is -2.01. The van der Waals surface area contributed by atoms with Crippen LogP contribution >= 0.6 is 11.3 Å². The molecule has 0 bridgehead atoms. The molecule has 0 spiro atoms. The van der Waals surface area contributed by atoms with E-state index in [4.69, 9.17) is 4.74 Å². The molecule has 32 heavy (non-hydrogen) atoms. The Labute approximate surface area is 194 Å². The molecule has 0 saturated carbocycles. The Kier molecular flexibility index (Phi) is 7.59. The number of thiazole rings is 1. The minimum Gasteiger partial charge on any atom is -0.379 e. The van der Waals surface area contributed by atoms with Gasteiger partial charge in [-0.05, 0) is 32.0 Å². The maximum Gasteiger partial charge on any atom is 0.267 e. The van der Waals surface area contributed by atoms with Crippen molar-refractivity contribution in [1.82, 2.24) is 9.29 Å². The van der Waals surface area contributed by atoms with Crippen LogP contribution in [0.1, 0.15) is 49.3 Å². The lowest BCUT2D eigenvalue weighted by molar-refractivity contribution is 0.0730. The number of hydrogen-bond donors (Lipinski definition) is 1. The van der Waals surface area contributed by atoms with Gasteiger partial charge in [0.1, 0.15) is 4.88 Å². The van der Waals surface area contributed by atoms with Gasteiger partial charge >= 0.3 is 0 Å². The fourth-order valence-corrected chi connectivity index (χ4v) is 5.77. The molecule has 2 aromatic rings. The Morgan fingerprint density at radius 1 is 1.22 bits per heavy atom. The third-order valence-corrected chi connectivity index (χ3v) is 8.62. The minimum absolute atomic E-state index is 0.151. The second kappa shape index (κ2) is 9.86. The first-order valence-electron chi connectivity index (χ1n) is 10.8. The van der Waals surface area contributed by atoms with Crippen molar-refractivity contribution in [2.24, 2.45) is 0 Å². The Balaban J connectivity index is 1.96. The van der Waals surface area contributed by atoms with Gasteiger partial charge in [-0.15, -0.1) is 11.3 Å². The molecule has 176 valence electrons. The summed E-state index contributed by atoms with van der Waals surface area (Å²) in [7, 11) is -3.68. The van der Waals surface area contributed by atoms with Crippen LogP contribution in [0.4, 0.5) is 11.4 Å². The molecule has 1 aromatic carbocycles. The monoisotopic (exact) mass is 480 g/mol. The van der Waals surface area contributed by atoms with Crippen molar-refractivity contribution in [1.29, 1.82) is 0 Å². The highest BCUT2D eigenvalue weighted by atomic mass is 32.2. The van der Waals surface area contributed by atoms with E-state index in [-0.39, 0.29) is 16.2 Å². The lowest BCUT2D eigenvalue weighted by Crippen LogP contribution is -2.40. The van der Waals surface area contributed by atoms with E-state index >= 15 is 0 Å². The van der Waals surface area contributed by atoms with E-state index in [1.54, 1.807) is 24.4 Å². The molecule has 1 aliphatic rings. The Morgan fingerprint density at radius 2 is 1.88 bits per heavy atom. The lowest BCUT2D eigenvalue weighted by atomic mass is 9.98. The average molecular weight is 481 g/mol. The number of amides is 1. The van der Waals surface area contributed by atoms with Gasteiger partial charge in [0.05, 0.1) is 40.7 Å². The summed E-state index contributed by atoms with van der Waals surface area (Å²) in [5, 5.41) is 3.81. The lowest BCUT2D eigenvalue weighted by Gasteiger charge is -2.28. The molecule has 1 aliphatic heterocycles. The quantitative estimate of drug-likeness (QED) is 0.652. The van der Waals surface area contributed by atoms with Gasteiger partial charge in [-0.25, -0.2) is 13.4 Å². The highest BCUT2D eigenvalue weighted by Gasteiger charge is 2.28. The van der Waals surface area contributed by atoms with Gasteiger partial charge < -0.3 is 15.0 Å². The summed E-state index contributed by atoms with van der Waals surface area (Å²) in [6.45, 7) is 13.0. The first-order valence-corrected chi connectivity index (χ1v) is 13.1. The van der Waals surface area contributed by atoms with Gasteiger partial charge in [0.2, 0.25) is 10.0 Å². The highest BCUT2D eigenvalue weighted by Crippen LogP contribution is 2.32. The summed E-state index contributed by atoms with van der Waals surface area (Å²) in [4.78, 5) is 20.1. The molecule has 1 amide bonds. The van der Waals surface area contributed by atoms with E-state index in [0.717, 1.165) is 23.8 Å². The molecular weight excluding hydrogens is 448 g/mol. The Bertz CT molecular complexity index is 1050. The van der Waals surface area contributed by atoms with Crippen molar-refractivity contribution < 1.29 is 17.9 Å². The molecule has 1 N–H and O–H groups in total. The van der Waals surface area contributed by atoms with Crippen molar-refractivity contribution in [2.45, 2.75) is 44.9 Å². The zero-order valence-corrected chi connectivity index (χ0v) is 21.0. The summed E-state index contributed by atoms with van der Waals surface area (Å²) >= 11 is 1.35. The smallest absolute Gasteiger partial charge is 0.267 e. The highest BCUT2D eigenvalue weighted by molar-refractivity contribution is 7.89. The van der Waals surface area contributed by atoms with Gasteiger partial charge in [-0.2, -0.15) is 4.31 Å². The van der Waals surface area contributed by atoms with Crippen LogP contribution in [0.5, 0.6) is 0 Å². The largest absolute Gasteiger partial charge is 0.379 e. The number of nitrogens with zero attached hydrogens (tertiary/aromatic N) is 3. The average Bonchev–Trinajstić information content (AvgIpc) is 3.27. The third kappa shape index (κ3) is 5.31. The second-order valence-corrected chi connectivity index (χ2v) is 11.6. The van der Waals surface area contributed by atoms with Crippen LogP contribution in [0.15, 0.2) is 29.3 Å². The predicted octanol–water partition coefficient (Wildman–Crippen LogP) is 3.56. The van der Waals surface area contributed by atoms with Gasteiger partial charge in [0.15, 0.2) is 0 Å². The number of hydrogen-bond acceptors (Lipinski definition) is 7. The molecule has 1 aromatic heterocycles. The number of carbonyl (C=O) groups is 1. The molecule has 0 radical (unpaired) electrons.